The fourth-order valence-corrected chi connectivity index (χ4v) is 2.38. The second-order valence-electron chi connectivity index (χ2n) is 5.27. The molecule has 0 fully saturated rings. The first-order chi connectivity index (χ1) is 10.0. The van der Waals surface area contributed by atoms with Crippen LogP contribution in [-0.4, -0.2) is 12.7 Å². The second-order valence-corrected chi connectivity index (χ2v) is 5.27. The SMILES string of the molecule is Cc1cc(C)c(C(=O)Nc2ccc3c(c2)OCO3)cc1C. The molecule has 1 aliphatic rings. The third-order valence-electron chi connectivity index (χ3n) is 3.72. The van der Waals surface area contributed by atoms with Gasteiger partial charge in [-0.2, -0.15) is 0 Å². The molecule has 3 rings (SSSR count). The lowest BCUT2D eigenvalue weighted by atomic mass is 10.0. The van der Waals surface area contributed by atoms with Crippen LogP contribution >= 0.6 is 0 Å². The first-order valence-corrected chi connectivity index (χ1v) is 6.83. The molecule has 2 aromatic carbocycles. The standard InChI is InChI=1S/C17H17NO3/c1-10-6-12(3)14(7-11(10)2)17(19)18-13-4-5-15-16(8-13)21-9-20-15/h4-8H,9H2,1-3H3,(H,18,19). The van der Waals surface area contributed by atoms with Crippen LogP contribution < -0.4 is 14.8 Å². The molecule has 1 aliphatic heterocycles. The lowest BCUT2D eigenvalue weighted by Crippen LogP contribution is -2.14. The number of fused-ring (bicyclic) bond motifs is 1. The van der Waals surface area contributed by atoms with Crippen molar-refractivity contribution in [2.24, 2.45) is 0 Å². The lowest BCUT2D eigenvalue weighted by Gasteiger charge is -2.11. The summed E-state index contributed by atoms with van der Waals surface area (Å²) in [4.78, 5) is 12.4. The van der Waals surface area contributed by atoms with Gasteiger partial charge in [-0.3, -0.25) is 4.79 Å². The third kappa shape index (κ3) is 2.57. The zero-order valence-corrected chi connectivity index (χ0v) is 12.3. The van der Waals surface area contributed by atoms with Gasteiger partial charge in [0.15, 0.2) is 11.5 Å². The summed E-state index contributed by atoms with van der Waals surface area (Å²) in [6, 6.07) is 9.33. The Morgan fingerprint density at radius 3 is 2.48 bits per heavy atom. The Bertz CT molecular complexity index is 722. The van der Waals surface area contributed by atoms with E-state index in [1.807, 2.05) is 39.0 Å². The molecule has 0 aromatic heterocycles. The number of anilines is 1. The van der Waals surface area contributed by atoms with E-state index >= 15 is 0 Å². The Morgan fingerprint density at radius 1 is 0.952 bits per heavy atom. The van der Waals surface area contributed by atoms with Crippen molar-refractivity contribution >= 4 is 11.6 Å². The minimum Gasteiger partial charge on any atom is -0.454 e. The van der Waals surface area contributed by atoms with Gasteiger partial charge in [0.2, 0.25) is 6.79 Å². The average Bonchev–Trinajstić information content (AvgIpc) is 2.90. The molecule has 108 valence electrons. The highest BCUT2D eigenvalue weighted by Crippen LogP contribution is 2.34. The van der Waals surface area contributed by atoms with Crippen LogP contribution in [0.3, 0.4) is 0 Å². The largest absolute Gasteiger partial charge is 0.454 e. The van der Waals surface area contributed by atoms with Gasteiger partial charge >= 0.3 is 0 Å². The number of rotatable bonds is 2. The van der Waals surface area contributed by atoms with Gasteiger partial charge in [0, 0.05) is 17.3 Å². The Labute approximate surface area is 123 Å². The van der Waals surface area contributed by atoms with Crippen LogP contribution in [0.15, 0.2) is 30.3 Å². The van der Waals surface area contributed by atoms with E-state index in [1.54, 1.807) is 12.1 Å². The first-order valence-electron chi connectivity index (χ1n) is 6.83. The molecule has 1 amide bonds. The molecule has 0 saturated carbocycles. The van der Waals surface area contributed by atoms with Crippen LogP contribution in [0.4, 0.5) is 5.69 Å². The summed E-state index contributed by atoms with van der Waals surface area (Å²) in [6.07, 6.45) is 0. The molecular formula is C17H17NO3. The molecule has 0 spiro atoms. The van der Waals surface area contributed by atoms with Gasteiger partial charge in [0.1, 0.15) is 0 Å². The molecule has 0 unspecified atom stereocenters. The number of nitrogens with one attached hydrogen (secondary N) is 1. The molecule has 1 N–H and O–H groups in total. The van der Waals surface area contributed by atoms with Gasteiger partial charge in [-0.1, -0.05) is 6.07 Å². The molecule has 4 nitrogen and oxygen atoms in total. The van der Waals surface area contributed by atoms with Crippen molar-refractivity contribution in [2.45, 2.75) is 20.8 Å². The van der Waals surface area contributed by atoms with E-state index in [2.05, 4.69) is 5.32 Å². The van der Waals surface area contributed by atoms with Gasteiger partial charge < -0.3 is 14.8 Å². The fourth-order valence-electron chi connectivity index (χ4n) is 2.38. The second kappa shape index (κ2) is 5.13. The number of amides is 1. The van der Waals surface area contributed by atoms with Crippen LogP contribution in [-0.2, 0) is 0 Å². The molecule has 1 heterocycles. The maximum absolute atomic E-state index is 12.4. The summed E-state index contributed by atoms with van der Waals surface area (Å²) >= 11 is 0. The molecule has 0 saturated heterocycles. The van der Waals surface area contributed by atoms with Crippen molar-refractivity contribution in [3.05, 3.63) is 52.6 Å². The Kier molecular flexibility index (Phi) is 3.29. The van der Waals surface area contributed by atoms with Crippen molar-refractivity contribution in [1.82, 2.24) is 0 Å². The number of hydrogen-bond donors (Lipinski definition) is 1. The molecule has 4 heteroatoms. The minimum absolute atomic E-state index is 0.116. The van der Waals surface area contributed by atoms with Crippen LogP contribution in [0.25, 0.3) is 0 Å². The van der Waals surface area contributed by atoms with Crippen LogP contribution in [0.2, 0.25) is 0 Å². The number of ether oxygens (including phenoxy) is 2. The minimum atomic E-state index is -0.116. The predicted octanol–water partition coefficient (Wildman–Crippen LogP) is 3.59. The van der Waals surface area contributed by atoms with Crippen molar-refractivity contribution in [3.8, 4) is 11.5 Å². The highest BCUT2D eigenvalue weighted by Gasteiger charge is 2.15. The molecule has 21 heavy (non-hydrogen) atoms. The number of hydrogen-bond acceptors (Lipinski definition) is 3. The normalized spacial score (nSPS) is 12.3. The molecule has 0 radical (unpaired) electrons. The van der Waals surface area contributed by atoms with Crippen LogP contribution in [0.1, 0.15) is 27.0 Å². The van der Waals surface area contributed by atoms with Crippen molar-refractivity contribution in [2.75, 3.05) is 12.1 Å². The Balaban J connectivity index is 1.85. The van der Waals surface area contributed by atoms with E-state index in [4.69, 9.17) is 9.47 Å². The predicted molar refractivity (Wildman–Crippen MR) is 81.2 cm³/mol. The third-order valence-corrected chi connectivity index (χ3v) is 3.72. The zero-order valence-electron chi connectivity index (χ0n) is 12.3. The molecule has 2 aromatic rings. The lowest BCUT2D eigenvalue weighted by molar-refractivity contribution is 0.102. The Morgan fingerprint density at radius 2 is 1.67 bits per heavy atom. The van der Waals surface area contributed by atoms with E-state index in [1.165, 1.54) is 5.56 Å². The van der Waals surface area contributed by atoms with Gasteiger partial charge in [-0.05, 0) is 55.7 Å². The highest BCUT2D eigenvalue weighted by atomic mass is 16.7. The number of aryl methyl sites for hydroxylation is 3. The van der Waals surface area contributed by atoms with E-state index in [9.17, 15) is 4.79 Å². The maximum atomic E-state index is 12.4. The molecule has 0 bridgehead atoms. The van der Waals surface area contributed by atoms with Gasteiger partial charge in [-0.25, -0.2) is 0 Å². The van der Waals surface area contributed by atoms with Crippen LogP contribution in [0.5, 0.6) is 11.5 Å². The van der Waals surface area contributed by atoms with Crippen molar-refractivity contribution in [3.63, 3.8) is 0 Å². The van der Waals surface area contributed by atoms with Crippen LogP contribution in [0, 0.1) is 20.8 Å². The summed E-state index contributed by atoms with van der Waals surface area (Å²) in [6.45, 7) is 6.22. The molecular weight excluding hydrogens is 266 g/mol. The topological polar surface area (TPSA) is 47.6 Å². The first kappa shape index (κ1) is 13.5. The summed E-state index contributed by atoms with van der Waals surface area (Å²) in [7, 11) is 0. The monoisotopic (exact) mass is 283 g/mol. The molecule has 0 aliphatic carbocycles. The zero-order chi connectivity index (χ0) is 15.0. The number of benzene rings is 2. The summed E-state index contributed by atoms with van der Waals surface area (Å²) in [5.41, 5.74) is 4.65. The summed E-state index contributed by atoms with van der Waals surface area (Å²) in [5, 5.41) is 2.90. The van der Waals surface area contributed by atoms with Crippen molar-refractivity contribution < 1.29 is 14.3 Å². The maximum Gasteiger partial charge on any atom is 0.255 e. The van der Waals surface area contributed by atoms with E-state index in [0.29, 0.717) is 22.7 Å². The number of carbonyl (C=O) groups is 1. The van der Waals surface area contributed by atoms with Crippen molar-refractivity contribution in [1.29, 1.82) is 0 Å². The van der Waals surface area contributed by atoms with Gasteiger partial charge in [0.05, 0.1) is 0 Å². The highest BCUT2D eigenvalue weighted by molar-refractivity contribution is 6.05. The quantitative estimate of drug-likeness (QED) is 0.916. The Hall–Kier alpha value is -2.49. The molecule has 0 atom stereocenters. The van der Waals surface area contributed by atoms with E-state index < -0.39 is 0 Å². The van der Waals surface area contributed by atoms with Gasteiger partial charge in [-0.15, -0.1) is 0 Å². The summed E-state index contributed by atoms with van der Waals surface area (Å²) in [5.74, 6) is 1.24. The smallest absolute Gasteiger partial charge is 0.255 e. The van der Waals surface area contributed by atoms with Gasteiger partial charge in [0.25, 0.3) is 5.91 Å². The van der Waals surface area contributed by atoms with E-state index in [-0.39, 0.29) is 12.7 Å². The average molecular weight is 283 g/mol. The summed E-state index contributed by atoms with van der Waals surface area (Å²) < 4.78 is 10.6. The fraction of sp³-hybridized carbons (Fsp3) is 0.235. The van der Waals surface area contributed by atoms with E-state index in [0.717, 1.165) is 11.1 Å². The number of carbonyl (C=O) groups excluding carboxylic acids is 1.